The summed E-state index contributed by atoms with van der Waals surface area (Å²) in [6.07, 6.45) is 1.51. The van der Waals surface area contributed by atoms with Crippen LogP contribution >= 0.6 is 0 Å². The maximum atomic E-state index is 10.6. The van der Waals surface area contributed by atoms with Gasteiger partial charge in [0.1, 0.15) is 6.10 Å². The molecule has 47 valence electrons. The molecule has 2 heteroatoms. The van der Waals surface area contributed by atoms with Crippen molar-refractivity contribution in [3.63, 3.8) is 0 Å². The predicted octanol–water partition coefficient (Wildman–Crippen LogP) is 0.984. The van der Waals surface area contributed by atoms with Crippen LogP contribution in [-0.2, 0) is 9.84 Å². The fourth-order valence-corrected chi connectivity index (χ4v) is 0.973. The van der Waals surface area contributed by atoms with Crippen LogP contribution in [0.5, 0.6) is 0 Å². The molecule has 1 rings (SSSR count). The lowest BCUT2D eigenvalue weighted by atomic mass is 10.2. The van der Waals surface area contributed by atoms with Gasteiger partial charge in [0, 0.05) is 6.61 Å². The van der Waals surface area contributed by atoms with Crippen LogP contribution in [0.3, 0.4) is 0 Å². The van der Waals surface area contributed by atoms with Gasteiger partial charge >= 0.3 is 0 Å². The monoisotopic (exact) mass is 115 g/mol. The van der Waals surface area contributed by atoms with Crippen molar-refractivity contribution in [2.45, 2.75) is 32.0 Å². The number of ether oxygens (including phenoxy) is 1. The lowest BCUT2D eigenvalue weighted by Crippen LogP contribution is -2.19. The molecule has 0 aliphatic carbocycles. The minimum Gasteiger partial charge on any atom is -0.375 e. The average Bonchev–Trinajstić information content (AvgIpc) is 2.12. The summed E-state index contributed by atoms with van der Waals surface area (Å²) in [5, 5.41) is 10.6. The highest BCUT2D eigenvalue weighted by Crippen LogP contribution is 2.14. The van der Waals surface area contributed by atoms with Crippen LogP contribution < -0.4 is 0 Å². The second-order valence-electron chi connectivity index (χ2n) is 2.26. The molecule has 1 aliphatic rings. The third-order valence-corrected chi connectivity index (χ3v) is 1.49. The van der Waals surface area contributed by atoms with E-state index in [0.717, 1.165) is 19.4 Å². The first-order valence-electron chi connectivity index (χ1n) is 3.08. The molecule has 1 radical (unpaired) electrons. The Morgan fingerprint density at radius 1 is 1.75 bits per heavy atom. The molecule has 0 aromatic carbocycles. The van der Waals surface area contributed by atoms with E-state index in [1.165, 1.54) is 0 Å². The van der Waals surface area contributed by atoms with Gasteiger partial charge in [-0.1, -0.05) is 0 Å². The van der Waals surface area contributed by atoms with Crippen molar-refractivity contribution in [1.82, 2.24) is 0 Å². The highest BCUT2D eigenvalue weighted by atomic mass is 16.5. The third-order valence-electron chi connectivity index (χ3n) is 1.49. The predicted molar refractivity (Wildman–Crippen MR) is 29.1 cm³/mol. The molecule has 2 nitrogen and oxygen atoms in total. The third kappa shape index (κ3) is 1.20. The van der Waals surface area contributed by atoms with Crippen molar-refractivity contribution in [1.29, 1.82) is 0 Å². The van der Waals surface area contributed by atoms with E-state index >= 15 is 0 Å². The molecule has 2 unspecified atom stereocenters. The largest absolute Gasteiger partial charge is 0.375 e. The van der Waals surface area contributed by atoms with Crippen molar-refractivity contribution >= 4 is 0 Å². The zero-order valence-corrected chi connectivity index (χ0v) is 5.09. The molecule has 0 amide bonds. The minimum atomic E-state index is -0.530. The molecule has 1 saturated heterocycles. The zero-order chi connectivity index (χ0) is 5.98. The van der Waals surface area contributed by atoms with Gasteiger partial charge in [0.05, 0.1) is 6.10 Å². The smallest absolute Gasteiger partial charge is 0.116 e. The highest BCUT2D eigenvalue weighted by Gasteiger charge is 2.20. The topological polar surface area (TPSA) is 29.1 Å². The van der Waals surface area contributed by atoms with E-state index in [0.29, 0.717) is 0 Å². The van der Waals surface area contributed by atoms with Crippen LogP contribution in [0.2, 0.25) is 0 Å². The summed E-state index contributed by atoms with van der Waals surface area (Å²) in [7, 11) is 0. The zero-order valence-electron chi connectivity index (χ0n) is 5.09. The lowest BCUT2D eigenvalue weighted by molar-refractivity contribution is -0.0280. The van der Waals surface area contributed by atoms with Gasteiger partial charge in [0.2, 0.25) is 0 Å². The van der Waals surface area contributed by atoms with Crippen molar-refractivity contribution in [2.75, 3.05) is 6.61 Å². The molecule has 0 bridgehead atoms. The summed E-state index contributed by atoms with van der Waals surface area (Å²) >= 11 is 0. The van der Waals surface area contributed by atoms with Crippen LogP contribution in [0.15, 0.2) is 0 Å². The van der Waals surface area contributed by atoms with Crippen LogP contribution in [0.4, 0.5) is 0 Å². The van der Waals surface area contributed by atoms with Crippen molar-refractivity contribution in [2.24, 2.45) is 0 Å². The summed E-state index contributed by atoms with van der Waals surface area (Å²) < 4.78 is 5.10. The SMILES string of the molecule is CC([O])C1CCCO1. The molecular weight excluding hydrogens is 104 g/mol. The minimum absolute atomic E-state index is 0.00926. The van der Waals surface area contributed by atoms with Gasteiger partial charge in [0.15, 0.2) is 0 Å². The average molecular weight is 115 g/mol. The van der Waals surface area contributed by atoms with E-state index in [1.54, 1.807) is 6.92 Å². The quantitative estimate of drug-likeness (QED) is 0.501. The van der Waals surface area contributed by atoms with Gasteiger partial charge in [-0.2, -0.15) is 0 Å². The molecule has 0 aromatic rings. The normalized spacial score (nSPS) is 33.0. The Balaban J connectivity index is 2.24. The Hall–Kier alpha value is -0.0800. The molecule has 1 heterocycles. The van der Waals surface area contributed by atoms with Gasteiger partial charge in [-0.25, -0.2) is 5.11 Å². The van der Waals surface area contributed by atoms with E-state index in [1.807, 2.05) is 0 Å². The molecule has 8 heavy (non-hydrogen) atoms. The number of hydrogen-bond acceptors (Lipinski definition) is 1. The first kappa shape index (κ1) is 6.05. The first-order valence-corrected chi connectivity index (χ1v) is 3.08. The summed E-state index contributed by atoms with van der Waals surface area (Å²) in [6, 6.07) is 0. The molecule has 0 saturated carbocycles. The Bertz CT molecular complexity index is 64.9. The van der Waals surface area contributed by atoms with E-state index in [4.69, 9.17) is 4.74 Å². The van der Waals surface area contributed by atoms with Gasteiger partial charge in [0.25, 0.3) is 0 Å². The van der Waals surface area contributed by atoms with Crippen LogP contribution in [0.25, 0.3) is 0 Å². The van der Waals surface area contributed by atoms with Gasteiger partial charge in [-0.3, -0.25) is 0 Å². The number of rotatable bonds is 1. The van der Waals surface area contributed by atoms with E-state index in [-0.39, 0.29) is 6.10 Å². The van der Waals surface area contributed by atoms with Crippen LogP contribution in [0.1, 0.15) is 19.8 Å². The summed E-state index contributed by atoms with van der Waals surface area (Å²) in [4.78, 5) is 0. The molecule has 2 atom stereocenters. The van der Waals surface area contributed by atoms with Crippen molar-refractivity contribution < 1.29 is 9.84 Å². The van der Waals surface area contributed by atoms with E-state index in [2.05, 4.69) is 0 Å². The van der Waals surface area contributed by atoms with Gasteiger partial charge < -0.3 is 4.74 Å². The van der Waals surface area contributed by atoms with Gasteiger partial charge in [-0.15, -0.1) is 0 Å². The second-order valence-corrected chi connectivity index (χ2v) is 2.26. The standard InChI is InChI=1S/C6H11O2/c1-5(7)6-3-2-4-8-6/h5-6H,2-4H2,1H3. The Kier molecular flexibility index (Phi) is 1.86. The molecule has 1 fully saturated rings. The Morgan fingerprint density at radius 3 is 2.75 bits per heavy atom. The summed E-state index contributed by atoms with van der Waals surface area (Å²) in [6.45, 7) is 2.45. The maximum Gasteiger partial charge on any atom is 0.116 e. The summed E-state index contributed by atoms with van der Waals surface area (Å²) in [5.41, 5.74) is 0. The second kappa shape index (κ2) is 2.46. The molecule has 0 aromatic heterocycles. The molecular formula is C6H11O2. The fourth-order valence-electron chi connectivity index (χ4n) is 0.973. The molecule has 0 spiro atoms. The lowest BCUT2D eigenvalue weighted by Gasteiger charge is -2.08. The van der Waals surface area contributed by atoms with Crippen molar-refractivity contribution in [3.8, 4) is 0 Å². The van der Waals surface area contributed by atoms with Crippen molar-refractivity contribution in [3.05, 3.63) is 0 Å². The van der Waals surface area contributed by atoms with Crippen LogP contribution in [-0.4, -0.2) is 18.8 Å². The fraction of sp³-hybridized carbons (Fsp3) is 1.00. The summed E-state index contributed by atoms with van der Waals surface area (Å²) in [5.74, 6) is 0. The Labute approximate surface area is 49.5 Å². The molecule has 0 N–H and O–H groups in total. The van der Waals surface area contributed by atoms with Gasteiger partial charge in [-0.05, 0) is 19.8 Å². The highest BCUT2D eigenvalue weighted by molar-refractivity contribution is 4.68. The number of hydrogen-bond donors (Lipinski definition) is 0. The Morgan fingerprint density at radius 2 is 2.50 bits per heavy atom. The van der Waals surface area contributed by atoms with Crippen LogP contribution in [0, 0.1) is 0 Å². The maximum absolute atomic E-state index is 10.6. The molecule has 1 aliphatic heterocycles. The first-order chi connectivity index (χ1) is 3.80. The van der Waals surface area contributed by atoms with E-state index < -0.39 is 6.10 Å². The van der Waals surface area contributed by atoms with E-state index in [9.17, 15) is 5.11 Å².